The second kappa shape index (κ2) is 4.77. The molecule has 0 atom stereocenters. The van der Waals surface area contributed by atoms with Crippen LogP contribution in [-0.2, 0) is 0 Å². The van der Waals surface area contributed by atoms with Crippen LogP contribution >= 0.6 is 0 Å². The Hall–Kier alpha value is -0.0800. The number of hydrogen-bond acceptors (Lipinski definition) is 1. The Bertz CT molecular complexity index is 56.4. The summed E-state index contributed by atoms with van der Waals surface area (Å²) >= 11 is 0. The monoisotopic (exact) mass is 133 g/mol. The molecule has 9 heavy (non-hydrogen) atoms. The van der Waals surface area contributed by atoms with Gasteiger partial charge in [-0.2, -0.15) is 0 Å². The molecule has 58 valence electrons. The van der Waals surface area contributed by atoms with Crippen molar-refractivity contribution in [3.8, 4) is 0 Å². The van der Waals surface area contributed by atoms with Crippen LogP contribution in [0.25, 0.3) is 0 Å². The van der Waals surface area contributed by atoms with Crippen molar-refractivity contribution in [2.45, 2.75) is 39.7 Å². The summed E-state index contributed by atoms with van der Waals surface area (Å²) in [6, 6.07) is 0. The zero-order valence-corrected chi connectivity index (χ0v) is 6.94. The van der Waals surface area contributed by atoms with Gasteiger partial charge in [0.2, 0.25) is 0 Å². The summed E-state index contributed by atoms with van der Waals surface area (Å²) in [5.41, 5.74) is 0.427. The molecular weight excluding hydrogens is 114 g/mol. The Kier molecular flexibility index (Phi) is 6.19. The van der Waals surface area contributed by atoms with Crippen LogP contribution in [0.2, 0.25) is 0 Å². The van der Waals surface area contributed by atoms with E-state index in [4.69, 9.17) is 0 Å². The molecule has 0 saturated carbocycles. The Morgan fingerprint density at radius 3 is 1.78 bits per heavy atom. The standard InChI is InChI=1S/C7H17N.H2O/c1-5-6-8-7(2,3)4;/h8H,5-6H2,1-4H3;1H2. The molecule has 3 N–H and O–H groups in total. The highest BCUT2D eigenvalue weighted by Gasteiger charge is 2.10. The Labute approximate surface area is 58.0 Å². The van der Waals surface area contributed by atoms with E-state index in [0.29, 0.717) is 5.54 Å². The quantitative estimate of drug-likeness (QED) is 0.588. The molecule has 0 aromatic rings. The lowest BCUT2D eigenvalue weighted by atomic mass is 10.1. The first-order valence-electron chi connectivity index (χ1n) is 3.40. The van der Waals surface area contributed by atoms with Gasteiger partial charge in [0.15, 0.2) is 0 Å². The van der Waals surface area contributed by atoms with Gasteiger partial charge in [0.1, 0.15) is 0 Å². The summed E-state index contributed by atoms with van der Waals surface area (Å²) in [7, 11) is 0. The molecule has 0 aliphatic heterocycles. The van der Waals surface area contributed by atoms with Crippen LogP contribution < -0.4 is 5.32 Å². The molecule has 0 fully saturated rings. The zero-order valence-electron chi connectivity index (χ0n) is 6.94. The van der Waals surface area contributed by atoms with Crippen molar-refractivity contribution in [3.63, 3.8) is 0 Å². The lowest BCUT2D eigenvalue weighted by Gasteiger charge is -2.15. The van der Waals surface area contributed by atoms with Gasteiger partial charge in [-0.05, 0) is 27.2 Å². The third kappa shape index (κ3) is 11.5. The third-order valence-electron chi connectivity index (χ3n) is 1.05. The molecule has 0 unspecified atom stereocenters. The summed E-state index contributed by atoms with van der Waals surface area (Å²) in [6.07, 6.45) is 1.28. The van der Waals surface area contributed by atoms with Crippen molar-refractivity contribution in [2.75, 3.05) is 6.54 Å². The van der Waals surface area contributed by atoms with E-state index in [-0.39, 0.29) is 5.48 Å². The maximum atomic E-state index is 2.37. The van der Waals surface area contributed by atoms with Crippen LogP contribution in [0, 0.1) is 0 Å². The van der Waals surface area contributed by atoms with Crippen molar-refractivity contribution in [1.29, 1.82) is 0 Å². The van der Waals surface area contributed by atoms with Gasteiger partial charge in [0.25, 0.3) is 0 Å². The van der Waals surface area contributed by atoms with Crippen molar-refractivity contribution >= 4 is 0 Å². The zero-order chi connectivity index (χ0) is 6.62. The Morgan fingerprint density at radius 1 is 1.22 bits per heavy atom. The Balaban J connectivity index is 0. The van der Waals surface area contributed by atoms with E-state index in [2.05, 4.69) is 33.0 Å². The molecule has 0 spiro atoms. The first kappa shape index (κ1) is 11.7. The van der Waals surface area contributed by atoms with Gasteiger partial charge in [0, 0.05) is 0 Å². The minimum absolute atomic E-state index is 0. The van der Waals surface area contributed by atoms with E-state index in [1.54, 1.807) is 0 Å². The topological polar surface area (TPSA) is 46.6 Å². The molecule has 0 amide bonds. The van der Waals surface area contributed by atoms with E-state index in [1.165, 1.54) is 13.0 Å². The second-order valence-electron chi connectivity index (χ2n) is 3.36. The lowest BCUT2D eigenvalue weighted by Crippen LogP contribution is -2.94. The molecule has 0 heterocycles. The maximum Gasteiger partial charge on any atom is 0.0876 e. The van der Waals surface area contributed by atoms with E-state index in [1.807, 2.05) is 0 Å². The first-order chi connectivity index (χ1) is 3.56. The number of hydrogen-bond donors (Lipinski definition) is 1. The predicted octanol–water partition coefficient (Wildman–Crippen LogP) is 0.581. The fraction of sp³-hybridized carbons (Fsp3) is 1.00. The highest BCUT2D eigenvalue weighted by atomic mass is 16.0. The van der Waals surface area contributed by atoms with Crippen LogP contribution in [0.4, 0.5) is 0 Å². The highest BCUT2D eigenvalue weighted by Crippen LogP contribution is 1.87. The van der Waals surface area contributed by atoms with Crippen LogP contribution in [0.3, 0.4) is 0 Å². The molecule has 2 heteroatoms. The SMILES string of the molecule is CCC[NH2+]C(C)(C)C.[OH-]. The van der Waals surface area contributed by atoms with E-state index in [0.717, 1.165) is 0 Å². The van der Waals surface area contributed by atoms with Gasteiger partial charge in [0.05, 0.1) is 12.1 Å². The summed E-state index contributed by atoms with van der Waals surface area (Å²) in [5, 5.41) is 2.37. The second-order valence-corrected chi connectivity index (χ2v) is 3.36. The fourth-order valence-corrected chi connectivity index (χ4v) is 0.577. The molecule has 0 saturated heterocycles. The summed E-state index contributed by atoms with van der Waals surface area (Å²) < 4.78 is 0. The van der Waals surface area contributed by atoms with Crippen LogP contribution in [0.1, 0.15) is 34.1 Å². The molecule has 0 aliphatic carbocycles. The minimum atomic E-state index is 0. The molecule has 0 radical (unpaired) electrons. The molecule has 0 rings (SSSR count). The minimum Gasteiger partial charge on any atom is -0.870 e. The average molecular weight is 133 g/mol. The molecular formula is C7H19NO. The van der Waals surface area contributed by atoms with Gasteiger partial charge >= 0.3 is 0 Å². The van der Waals surface area contributed by atoms with Gasteiger partial charge in [-0.15, -0.1) is 0 Å². The normalized spacial score (nSPS) is 10.7. The van der Waals surface area contributed by atoms with Gasteiger partial charge in [-0.1, -0.05) is 6.92 Å². The number of rotatable bonds is 2. The van der Waals surface area contributed by atoms with Crippen LogP contribution in [0.5, 0.6) is 0 Å². The molecule has 0 aliphatic rings. The summed E-state index contributed by atoms with van der Waals surface area (Å²) in [6.45, 7) is 10.2. The molecule has 0 bridgehead atoms. The van der Waals surface area contributed by atoms with Gasteiger partial charge < -0.3 is 10.8 Å². The van der Waals surface area contributed by atoms with E-state index < -0.39 is 0 Å². The lowest BCUT2D eigenvalue weighted by molar-refractivity contribution is -0.716. The third-order valence-corrected chi connectivity index (χ3v) is 1.05. The maximum absolute atomic E-state index is 2.37. The molecule has 0 aromatic carbocycles. The van der Waals surface area contributed by atoms with Crippen LogP contribution in [0.15, 0.2) is 0 Å². The van der Waals surface area contributed by atoms with Gasteiger partial charge in [-0.3, -0.25) is 0 Å². The fourth-order valence-electron chi connectivity index (χ4n) is 0.577. The highest BCUT2D eigenvalue weighted by molar-refractivity contribution is 4.51. The van der Waals surface area contributed by atoms with Gasteiger partial charge in [-0.25, -0.2) is 0 Å². The molecule has 2 nitrogen and oxygen atoms in total. The average Bonchev–Trinajstić information content (AvgIpc) is 1.59. The smallest absolute Gasteiger partial charge is 0.0876 e. The van der Waals surface area contributed by atoms with E-state index >= 15 is 0 Å². The Morgan fingerprint density at radius 2 is 1.67 bits per heavy atom. The first-order valence-corrected chi connectivity index (χ1v) is 3.40. The van der Waals surface area contributed by atoms with Crippen molar-refractivity contribution in [2.24, 2.45) is 0 Å². The van der Waals surface area contributed by atoms with Crippen LogP contribution in [-0.4, -0.2) is 17.6 Å². The summed E-state index contributed by atoms with van der Waals surface area (Å²) in [5.74, 6) is 0. The van der Waals surface area contributed by atoms with Crippen molar-refractivity contribution in [3.05, 3.63) is 0 Å². The van der Waals surface area contributed by atoms with E-state index in [9.17, 15) is 0 Å². The number of nitrogens with two attached hydrogens (primary N) is 1. The number of quaternary nitrogens is 1. The predicted molar refractivity (Wildman–Crippen MR) is 38.8 cm³/mol. The summed E-state index contributed by atoms with van der Waals surface area (Å²) in [4.78, 5) is 0. The van der Waals surface area contributed by atoms with Crippen molar-refractivity contribution < 1.29 is 10.8 Å². The van der Waals surface area contributed by atoms with Crippen molar-refractivity contribution in [1.82, 2.24) is 0 Å². The largest absolute Gasteiger partial charge is 0.870 e. The molecule has 0 aromatic heterocycles.